The van der Waals surface area contributed by atoms with E-state index in [0.29, 0.717) is 41.3 Å². The zero-order chi connectivity index (χ0) is 26.3. The molecule has 0 aliphatic carbocycles. The first-order valence-electron chi connectivity index (χ1n) is 11.8. The summed E-state index contributed by atoms with van der Waals surface area (Å²) in [4.78, 5) is 26.2. The van der Waals surface area contributed by atoms with E-state index < -0.39 is 16.1 Å². The summed E-state index contributed by atoms with van der Waals surface area (Å²) in [6, 6.07) is 11.2. The normalized spacial score (nSPS) is 11.5. The van der Waals surface area contributed by atoms with Crippen LogP contribution in [-0.4, -0.2) is 27.0 Å². The summed E-state index contributed by atoms with van der Waals surface area (Å²) in [6.45, 7) is 8.44. The largest absolute Gasteiger partial charge is 0.449 e. The molecule has 1 aromatic carbocycles. The Hall–Kier alpha value is -2.69. The van der Waals surface area contributed by atoms with Gasteiger partial charge in [0.2, 0.25) is 0 Å². The van der Waals surface area contributed by atoms with Gasteiger partial charge in [-0.05, 0) is 66.0 Å². The van der Waals surface area contributed by atoms with Crippen molar-refractivity contribution >= 4 is 44.7 Å². The smallest absolute Gasteiger partial charge is 0.421 e. The van der Waals surface area contributed by atoms with Crippen LogP contribution >= 0.6 is 22.7 Å². The second-order valence-electron chi connectivity index (χ2n) is 8.92. The number of benzene rings is 1. The molecule has 0 aliphatic heterocycles. The molecule has 0 radical (unpaired) electrons. The van der Waals surface area contributed by atoms with Gasteiger partial charge in [0.1, 0.15) is 4.21 Å². The van der Waals surface area contributed by atoms with Gasteiger partial charge in [0.25, 0.3) is 15.9 Å². The SMILES string of the molecule is CCCCOC(=O)NS(=O)(=O)c1sc(CC(C)C)cc1-c1cccc(CNC(=O)c2sccc2C)c1. The van der Waals surface area contributed by atoms with Crippen LogP contribution in [0.25, 0.3) is 11.1 Å². The van der Waals surface area contributed by atoms with Gasteiger partial charge in [0, 0.05) is 17.0 Å². The van der Waals surface area contributed by atoms with E-state index >= 15 is 0 Å². The molecule has 36 heavy (non-hydrogen) atoms. The van der Waals surface area contributed by atoms with Gasteiger partial charge >= 0.3 is 6.09 Å². The molecule has 3 aromatic rings. The van der Waals surface area contributed by atoms with Gasteiger partial charge in [-0.15, -0.1) is 22.7 Å². The monoisotopic (exact) mass is 548 g/mol. The Kier molecular flexibility index (Phi) is 9.69. The van der Waals surface area contributed by atoms with Crippen LogP contribution < -0.4 is 10.0 Å². The molecule has 0 saturated heterocycles. The van der Waals surface area contributed by atoms with Crippen molar-refractivity contribution in [2.24, 2.45) is 5.92 Å². The number of amides is 2. The molecule has 10 heteroatoms. The summed E-state index contributed by atoms with van der Waals surface area (Å²) in [6.07, 6.45) is 1.22. The number of hydrogen-bond donors (Lipinski definition) is 2. The predicted molar refractivity (Wildman–Crippen MR) is 145 cm³/mol. The van der Waals surface area contributed by atoms with Gasteiger partial charge in [-0.3, -0.25) is 4.79 Å². The third-order valence-electron chi connectivity index (χ3n) is 5.31. The van der Waals surface area contributed by atoms with Crippen LogP contribution in [-0.2, 0) is 27.7 Å². The summed E-state index contributed by atoms with van der Waals surface area (Å²) in [7, 11) is -4.14. The lowest BCUT2D eigenvalue weighted by Crippen LogP contribution is -2.31. The number of hydrogen-bond acceptors (Lipinski definition) is 7. The maximum Gasteiger partial charge on any atom is 0.421 e. The minimum atomic E-state index is -4.14. The van der Waals surface area contributed by atoms with E-state index in [9.17, 15) is 18.0 Å². The van der Waals surface area contributed by atoms with Crippen LogP contribution in [0, 0.1) is 12.8 Å². The van der Waals surface area contributed by atoms with Gasteiger partial charge in [-0.1, -0.05) is 45.4 Å². The fraction of sp³-hybridized carbons (Fsp3) is 0.385. The highest BCUT2D eigenvalue weighted by atomic mass is 32.2. The Morgan fingerprint density at radius 2 is 1.92 bits per heavy atom. The average molecular weight is 549 g/mol. The molecule has 0 unspecified atom stereocenters. The van der Waals surface area contributed by atoms with Gasteiger partial charge in [0.15, 0.2) is 0 Å². The topological polar surface area (TPSA) is 102 Å². The Bertz CT molecular complexity index is 1310. The second kappa shape index (κ2) is 12.5. The molecule has 2 amide bonds. The average Bonchev–Trinajstić information content (AvgIpc) is 3.44. The fourth-order valence-electron chi connectivity index (χ4n) is 3.54. The highest BCUT2D eigenvalue weighted by Crippen LogP contribution is 2.36. The van der Waals surface area contributed by atoms with E-state index in [1.54, 1.807) is 0 Å². The molecule has 7 nitrogen and oxygen atoms in total. The molecular weight excluding hydrogens is 516 g/mol. The Labute approximate surface area is 221 Å². The predicted octanol–water partition coefficient (Wildman–Crippen LogP) is 6.13. The first-order valence-corrected chi connectivity index (χ1v) is 15.0. The minimum absolute atomic E-state index is 0.0704. The molecule has 0 bridgehead atoms. The number of thiophene rings is 2. The van der Waals surface area contributed by atoms with Crippen molar-refractivity contribution in [3.63, 3.8) is 0 Å². The van der Waals surface area contributed by atoms with Crippen molar-refractivity contribution in [2.45, 2.75) is 57.7 Å². The first-order chi connectivity index (χ1) is 17.1. The summed E-state index contributed by atoms with van der Waals surface area (Å²) in [5.41, 5.74) is 2.98. The lowest BCUT2D eigenvalue weighted by molar-refractivity contribution is 0.0954. The number of aryl methyl sites for hydroxylation is 1. The number of ether oxygens (including phenoxy) is 1. The van der Waals surface area contributed by atoms with E-state index in [4.69, 9.17) is 4.74 Å². The maximum atomic E-state index is 13.2. The minimum Gasteiger partial charge on any atom is -0.449 e. The number of carbonyl (C=O) groups is 2. The number of rotatable bonds is 11. The molecule has 194 valence electrons. The lowest BCUT2D eigenvalue weighted by Gasteiger charge is -2.10. The van der Waals surface area contributed by atoms with E-state index in [1.165, 1.54) is 11.3 Å². The van der Waals surface area contributed by atoms with E-state index in [1.807, 2.05) is 60.3 Å². The lowest BCUT2D eigenvalue weighted by atomic mass is 10.0. The molecule has 0 fully saturated rings. The highest BCUT2D eigenvalue weighted by molar-refractivity contribution is 7.92. The molecule has 2 aromatic heterocycles. The molecule has 3 rings (SSSR count). The van der Waals surface area contributed by atoms with Gasteiger partial charge < -0.3 is 10.1 Å². The van der Waals surface area contributed by atoms with Gasteiger partial charge in [0.05, 0.1) is 11.5 Å². The second-order valence-corrected chi connectivity index (χ2v) is 12.9. The van der Waals surface area contributed by atoms with Crippen molar-refractivity contribution < 1.29 is 22.7 Å². The van der Waals surface area contributed by atoms with Crippen LogP contribution in [0.3, 0.4) is 0 Å². The standard InChI is InChI=1S/C26H32N2O5S3/c1-5-6-11-33-26(30)28-36(31,32)25-22(15-21(35-25)13-17(2)3)20-9-7-8-19(14-20)16-27-24(29)23-18(4)10-12-34-23/h7-10,12,14-15,17H,5-6,11,13,16H2,1-4H3,(H,27,29)(H,28,30). The molecule has 0 spiro atoms. The van der Waals surface area contributed by atoms with Crippen molar-refractivity contribution in [3.8, 4) is 11.1 Å². The molecular formula is C26H32N2O5S3. The highest BCUT2D eigenvalue weighted by Gasteiger charge is 2.26. The van der Waals surface area contributed by atoms with Gasteiger partial charge in [-0.25, -0.2) is 17.9 Å². The number of nitrogens with one attached hydrogen (secondary N) is 2. The zero-order valence-corrected chi connectivity index (χ0v) is 23.4. The van der Waals surface area contributed by atoms with Crippen LogP contribution in [0.4, 0.5) is 4.79 Å². The number of sulfonamides is 1. The number of unbranched alkanes of at least 4 members (excludes halogenated alkanes) is 1. The van der Waals surface area contributed by atoms with Crippen LogP contribution in [0.2, 0.25) is 0 Å². The Morgan fingerprint density at radius 3 is 2.58 bits per heavy atom. The molecule has 2 N–H and O–H groups in total. The summed E-state index contributed by atoms with van der Waals surface area (Å²) < 4.78 is 33.5. The van der Waals surface area contributed by atoms with Crippen molar-refractivity contribution in [3.05, 3.63) is 62.7 Å². The quantitative estimate of drug-likeness (QED) is 0.281. The Morgan fingerprint density at radius 1 is 1.14 bits per heavy atom. The van der Waals surface area contributed by atoms with Crippen LogP contribution in [0.5, 0.6) is 0 Å². The van der Waals surface area contributed by atoms with E-state index in [2.05, 4.69) is 19.2 Å². The van der Waals surface area contributed by atoms with Gasteiger partial charge in [-0.2, -0.15) is 0 Å². The summed E-state index contributed by atoms with van der Waals surface area (Å²) >= 11 is 2.55. The molecule has 0 saturated carbocycles. The molecule has 2 heterocycles. The fourth-order valence-corrected chi connectivity index (χ4v) is 7.22. The van der Waals surface area contributed by atoms with E-state index in [0.717, 1.165) is 33.8 Å². The van der Waals surface area contributed by atoms with Crippen molar-refractivity contribution in [1.82, 2.24) is 10.0 Å². The third kappa shape index (κ3) is 7.41. The zero-order valence-electron chi connectivity index (χ0n) is 20.9. The maximum absolute atomic E-state index is 13.2. The van der Waals surface area contributed by atoms with Crippen LogP contribution in [0.1, 0.15) is 59.3 Å². The molecule has 0 aliphatic rings. The molecule has 0 atom stereocenters. The van der Waals surface area contributed by atoms with Crippen molar-refractivity contribution in [2.75, 3.05) is 6.61 Å². The van der Waals surface area contributed by atoms with Crippen LogP contribution in [0.15, 0.2) is 46.0 Å². The van der Waals surface area contributed by atoms with E-state index in [-0.39, 0.29) is 16.7 Å². The first kappa shape index (κ1) is 27.9. The third-order valence-corrected chi connectivity index (χ3v) is 9.33. The van der Waals surface area contributed by atoms with Crippen molar-refractivity contribution in [1.29, 1.82) is 0 Å². The summed E-state index contributed by atoms with van der Waals surface area (Å²) in [5, 5.41) is 4.81. The summed E-state index contributed by atoms with van der Waals surface area (Å²) in [5.74, 6) is 0.193. The Balaban J connectivity index is 1.86. The number of carbonyl (C=O) groups excluding carboxylic acids is 2.